The van der Waals surface area contributed by atoms with Gasteiger partial charge in [0, 0.05) is 16.6 Å². The molecule has 0 bridgehead atoms. The zero-order valence-electron chi connectivity index (χ0n) is 14.0. The van der Waals surface area contributed by atoms with E-state index in [9.17, 15) is 4.79 Å². The number of hydrogen-bond acceptors (Lipinski definition) is 4. The summed E-state index contributed by atoms with van der Waals surface area (Å²) in [6, 6.07) is 15.4. The van der Waals surface area contributed by atoms with E-state index >= 15 is 0 Å². The first-order valence-corrected chi connectivity index (χ1v) is 9.11. The Morgan fingerprint density at radius 3 is 2.58 bits per heavy atom. The van der Waals surface area contributed by atoms with Gasteiger partial charge < -0.3 is 9.64 Å². The lowest BCUT2D eigenvalue weighted by Crippen LogP contribution is -2.42. The SMILES string of the molecule is O=C(c1ccc(-n2cncn2)cc1)N1CCOC(c2ccc(Br)cc2)C1. The van der Waals surface area contributed by atoms with Crippen LogP contribution in [0.2, 0.25) is 0 Å². The molecule has 2 heterocycles. The first kappa shape index (κ1) is 16.9. The summed E-state index contributed by atoms with van der Waals surface area (Å²) in [6.07, 6.45) is 3.01. The fourth-order valence-electron chi connectivity index (χ4n) is 2.99. The van der Waals surface area contributed by atoms with Gasteiger partial charge in [0.05, 0.1) is 18.8 Å². The summed E-state index contributed by atoms with van der Waals surface area (Å²) in [6.45, 7) is 1.67. The highest BCUT2D eigenvalue weighted by Gasteiger charge is 2.26. The largest absolute Gasteiger partial charge is 0.370 e. The minimum Gasteiger partial charge on any atom is -0.370 e. The van der Waals surface area contributed by atoms with Crippen molar-refractivity contribution < 1.29 is 9.53 Å². The van der Waals surface area contributed by atoms with Gasteiger partial charge in [0.2, 0.25) is 0 Å². The van der Waals surface area contributed by atoms with Gasteiger partial charge >= 0.3 is 0 Å². The van der Waals surface area contributed by atoms with Gasteiger partial charge in [-0.1, -0.05) is 28.1 Å². The summed E-state index contributed by atoms with van der Waals surface area (Å²) < 4.78 is 8.55. The summed E-state index contributed by atoms with van der Waals surface area (Å²) in [5, 5.41) is 4.09. The van der Waals surface area contributed by atoms with Gasteiger partial charge in [-0.05, 0) is 42.0 Å². The maximum absolute atomic E-state index is 12.9. The molecule has 1 aliphatic heterocycles. The molecule has 1 amide bonds. The summed E-state index contributed by atoms with van der Waals surface area (Å²) in [5.74, 6) is 0.0144. The number of amides is 1. The van der Waals surface area contributed by atoms with Crippen molar-refractivity contribution in [2.75, 3.05) is 19.7 Å². The van der Waals surface area contributed by atoms with E-state index in [1.807, 2.05) is 53.4 Å². The predicted octanol–water partition coefficient (Wildman–Crippen LogP) is 3.24. The molecule has 1 aliphatic rings. The van der Waals surface area contributed by atoms with Crippen LogP contribution >= 0.6 is 15.9 Å². The maximum Gasteiger partial charge on any atom is 0.254 e. The van der Waals surface area contributed by atoms with Crippen molar-refractivity contribution in [3.05, 3.63) is 76.8 Å². The van der Waals surface area contributed by atoms with Crippen LogP contribution in [0, 0.1) is 0 Å². The molecular weight excluding hydrogens is 396 g/mol. The number of rotatable bonds is 3. The van der Waals surface area contributed by atoms with Crippen molar-refractivity contribution in [3.63, 3.8) is 0 Å². The van der Waals surface area contributed by atoms with Crippen LogP contribution in [0.5, 0.6) is 0 Å². The van der Waals surface area contributed by atoms with E-state index in [0.29, 0.717) is 25.3 Å². The Morgan fingerprint density at radius 1 is 1.12 bits per heavy atom. The van der Waals surface area contributed by atoms with Gasteiger partial charge in [-0.3, -0.25) is 4.79 Å². The third kappa shape index (κ3) is 3.54. The fourth-order valence-corrected chi connectivity index (χ4v) is 3.26. The molecule has 0 aliphatic carbocycles. The van der Waals surface area contributed by atoms with Gasteiger partial charge in [-0.2, -0.15) is 5.10 Å². The van der Waals surface area contributed by atoms with E-state index in [1.54, 1.807) is 11.0 Å². The minimum atomic E-state index is -0.102. The molecule has 1 atom stereocenters. The van der Waals surface area contributed by atoms with Crippen molar-refractivity contribution in [2.24, 2.45) is 0 Å². The first-order chi connectivity index (χ1) is 12.7. The molecule has 3 aromatic rings. The van der Waals surface area contributed by atoms with Crippen LogP contribution in [-0.4, -0.2) is 45.3 Å². The van der Waals surface area contributed by atoms with E-state index in [2.05, 4.69) is 26.0 Å². The molecule has 1 saturated heterocycles. The number of halogens is 1. The Hall–Kier alpha value is -2.51. The summed E-state index contributed by atoms with van der Waals surface area (Å²) in [5.41, 5.74) is 2.60. The van der Waals surface area contributed by atoms with Crippen molar-refractivity contribution >= 4 is 21.8 Å². The Bertz CT molecular complexity index is 879. The van der Waals surface area contributed by atoms with Crippen LogP contribution < -0.4 is 0 Å². The fraction of sp³-hybridized carbons (Fsp3) is 0.211. The Labute approximate surface area is 159 Å². The summed E-state index contributed by atoms with van der Waals surface area (Å²) >= 11 is 3.44. The second kappa shape index (κ2) is 7.39. The van der Waals surface area contributed by atoms with E-state index < -0.39 is 0 Å². The highest BCUT2D eigenvalue weighted by Crippen LogP contribution is 2.25. The number of morpholine rings is 1. The van der Waals surface area contributed by atoms with Crippen molar-refractivity contribution in [1.82, 2.24) is 19.7 Å². The first-order valence-electron chi connectivity index (χ1n) is 8.32. The molecule has 26 heavy (non-hydrogen) atoms. The molecule has 0 radical (unpaired) electrons. The predicted molar refractivity (Wildman–Crippen MR) is 100 cm³/mol. The smallest absolute Gasteiger partial charge is 0.254 e. The molecule has 1 fully saturated rings. The number of nitrogens with zero attached hydrogens (tertiary/aromatic N) is 4. The monoisotopic (exact) mass is 412 g/mol. The summed E-state index contributed by atoms with van der Waals surface area (Å²) in [4.78, 5) is 18.6. The Kier molecular flexibility index (Phi) is 4.81. The minimum absolute atomic E-state index is 0.0144. The lowest BCUT2D eigenvalue weighted by atomic mass is 10.1. The van der Waals surface area contributed by atoms with Crippen LogP contribution in [0.15, 0.2) is 65.7 Å². The van der Waals surface area contributed by atoms with Crippen LogP contribution in [-0.2, 0) is 4.74 Å². The zero-order valence-corrected chi connectivity index (χ0v) is 15.5. The second-order valence-corrected chi connectivity index (χ2v) is 6.96. The van der Waals surface area contributed by atoms with Crippen molar-refractivity contribution in [3.8, 4) is 5.69 Å². The van der Waals surface area contributed by atoms with Crippen LogP contribution in [0.3, 0.4) is 0 Å². The van der Waals surface area contributed by atoms with Crippen molar-refractivity contribution in [2.45, 2.75) is 6.10 Å². The Balaban J connectivity index is 1.48. The third-order valence-corrected chi connectivity index (χ3v) is 4.92. The van der Waals surface area contributed by atoms with Gasteiger partial charge in [-0.25, -0.2) is 9.67 Å². The normalized spacial score (nSPS) is 17.3. The Morgan fingerprint density at radius 2 is 1.88 bits per heavy atom. The molecule has 132 valence electrons. The average Bonchev–Trinajstić information content (AvgIpc) is 3.23. The van der Waals surface area contributed by atoms with E-state index in [1.165, 1.54) is 6.33 Å². The topological polar surface area (TPSA) is 60.2 Å². The number of hydrogen-bond donors (Lipinski definition) is 0. The van der Waals surface area contributed by atoms with Gasteiger partial charge in [0.25, 0.3) is 5.91 Å². The molecule has 0 spiro atoms. The van der Waals surface area contributed by atoms with Gasteiger partial charge in [0.15, 0.2) is 0 Å². The zero-order chi connectivity index (χ0) is 17.9. The van der Waals surface area contributed by atoms with Gasteiger partial charge in [0.1, 0.15) is 18.8 Å². The van der Waals surface area contributed by atoms with E-state index in [0.717, 1.165) is 15.7 Å². The highest BCUT2D eigenvalue weighted by atomic mass is 79.9. The highest BCUT2D eigenvalue weighted by molar-refractivity contribution is 9.10. The van der Waals surface area contributed by atoms with Gasteiger partial charge in [-0.15, -0.1) is 0 Å². The third-order valence-electron chi connectivity index (χ3n) is 4.39. The van der Waals surface area contributed by atoms with Crippen molar-refractivity contribution in [1.29, 1.82) is 0 Å². The number of benzene rings is 2. The number of carbonyl (C=O) groups excluding carboxylic acids is 1. The molecule has 7 heteroatoms. The molecule has 1 unspecified atom stereocenters. The van der Waals surface area contributed by atoms with Crippen LogP contribution in [0.25, 0.3) is 5.69 Å². The molecule has 2 aromatic carbocycles. The number of carbonyl (C=O) groups is 1. The lowest BCUT2D eigenvalue weighted by molar-refractivity contribution is -0.0228. The standard InChI is InChI=1S/C19H17BrN4O2/c20-16-5-1-14(2-6-16)18-11-23(9-10-26-18)19(25)15-3-7-17(8-4-15)24-13-21-12-22-24/h1-8,12-13,18H,9-11H2. The molecule has 4 rings (SSSR count). The molecular formula is C19H17BrN4O2. The average molecular weight is 413 g/mol. The number of ether oxygens (including phenoxy) is 1. The van der Waals surface area contributed by atoms with Crippen LogP contribution in [0.4, 0.5) is 0 Å². The lowest BCUT2D eigenvalue weighted by Gasteiger charge is -2.33. The molecule has 6 nitrogen and oxygen atoms in total. The maximum atomic E-state index is 12.9. The quantitative estimate of drug-likeness (QED) is 0.662. The molecule has 0 N–H and O–H groups in total. The van der Waals surface area contributed by atoms with E-state index in [-0.39, 0.29) is 12.0 Å². The molecule has 1 aromatic heterocycles. The second-order valence-electron chi connectivity index (χ2n) is 6.05. The molecule has 0 saturated carbocycles. The summed E-state index contributed by atoms with van der Waals surface area (Å²) in [7, 11) is 0. The number of aromatic nitrogens is 3. The van der Waals surface area contributed by atoms with E-state index in [4.69, 9.17) is 4.74 Å². The van der Waals surface area contributed by atoms with Crippen LogP contribution in [0.1, 0.15) is 22.0 Å².